The second-order valence-corrected chi connectivity index (χ2v) is 10.6. The molecule has 0 aliphatic carbocycles. The summed E-state index contributed by atoms with van der Waals surface area (Å²) in [6.45, 7) is 0. The number of hydrogen-bond acceptors (Lipinski definition) is 4. The van der Waals surface area contributed by atoms with E-state index in [0.717, 1.165) is 0 Å². The summed E-state index contributed by atoms with van der Waals surface area (Å²) in [5.74, 6) is -0.507. The molecular weight excluding hydrogens is 458 g/mol. The normalized spacial score (nSPS) is 25.8. The Morgan fingerprint density at radius 1 is 1.25 bits per heavy atom. The molecule has 1 fully saturated rings. The topological polar surface area (TPSA) is 80.3 Å². The number of nitrogens with one attached hydrogen (secondary N) is 1. The van der Waals surface area contributed by atoms with Crippen LogP contribution in [0.5, 0.6) is 0 Å². The minimum absolute atomic E-state index is 0.0278. The summed E-state index contributed by atoms with van der Waals surface area (Å²) in [4.78, 5) is 0.0278. The van der Waals surface area contributed by atoms with E-state index < -0.39 is 31.3 Å². The maximum absolute atomic E-state index is 12.3. The number of benzene rings is 1. The standard InChI is InChI=1S/C10H10Br2ClNO4S2/c11-6-1-2-7(12)10(3-6)20(17,18)14-9-5-19(15,16)4-8(9)13/h1-3,8-9,14H,4-5H2/t8-,9+/m0/s1. The molecular formula is C10H10Br2ClNO4S2. The summed E-state index contributed by atoms with van der Waals surface area (Å²) in [7, 11) is -7.15. The fourth-order valence-electron chi connectivity index (χ4n) is 1.86. The molecule has 20 heavy (non-hydrogen) atoms. The van der Waals surface area contributed by atoms with Gasteiger partial charge in [0.05, 0.1) is 27.8 Å². The third-order valence-electron chi connectivity index (χ3n) is 2.77. The van der Waals surface area contributed by atoms with Gasteiger partial charge in [-0.15, -0.1) is 11.6 Å². The maximum atomic E-state index is 12.3. The molecule has 2 rings (SSSR count). The van der Waals surface area contributed by atoms with Gasteiger partial charge in [-0.25, -0.2) is 21.6 Å². The highest BCUT2D eigenvalue weighted by molar-refractivity contribution is 9.11. The van der Waals surface area contributed by atoms with Gasteiger partial charge in [0.15, 0.2) is 9.84 Å². The Morgan fingerprint density at radius 3 is 2.45 bits per heavy atom. The molecule has 0 unspecified atom stereocenters. The summed E-state index contributed by atoms with van der Waals surface area (Å²) in [6.07, 6.45) is 0. The van der Waals surface area contributed by atoms with Crippen LogP contribution >= 0.6 is 43.5 Å². The minimum Gasteiger partial charge on any atom is -0.229 e. The number of sulfonamides is 1. The molecule has 0 amide bonds. The van der Waals surface area contributed by atoms with E-state index in [1.807, 2.05) is 0 Å². The Morgan fingerprint density at radius 2 is 1.90 bits per heavy atom. The van der Waals surface area contributed by atoms with E-state index in [-0.39, 0.29) is 16.4 Å². The zero-order chi connectivity index (χ0) is 15.1. The van der Waals surface area contributed by atoms with Gasteiger partial charge < -0.3 is 0 Å². The zero-order valence-corrected chi connectivity index (χ0v) is 15.4. The molecule has 1 heterocycles. The molecule has 0 spiro atoms. The number of halogens is 3. The average Bonchev–Trinajstić information content (AvgIpc) is 2.54. The molecule has 0 bridgehead atoms. The Hall–Kier alpha value is 0.330. The maximum Gasteiger partial charge on any atom is 0.242 e. The molecule has 0 saturated carbocycles. The molecule has 1 N–H and O–H groups in total. The molecule has 1 aliphatic rings. The van der Waals surface area contributed by atoms with Crippen LogP contribution < -0.4 is 4.72 Å². The summed E-state index contributed by atoms with van der Waals surface area (Å²) in [6, 6.07) is 3.88. The lowest BCUT2D eigenvalue weighted by molar-refractivity contribution is 0.563. The summed E-state index contributed by atoms with van der Waals surface area (Å²) >= 11 is 12.3. The van der Waals surface area contributed by atoms with Gasteiger partial charge in [0, 0.05) is 8.95 Å². The number of rotatable bonds is 3. The molecule has 1 aromatic carbocycles. The number of sulfone groups is 1. The van der Waals surface area contributed by atoms with E-state index in [1.165, 1.54) is 6.07 Å². The lowest BCUT2D eigenvalue weighted by Gasteiger charge is -2.15. The van der Waals surface area contributed by atoms with Crippen molar-refractivity contribution in [3.63, 3.8) is 0 Å². The van der Waals surface area contributed by atoms with Crippen molar-refractivity contribution in [2.75, 3.05) is 11.5 Å². The van der Waals surface area contributed by atoms with Crippen LogP contribution in [0.3, 0.4) is 0 Å². The Bertz CT molecular complexity index is 736. The molecule has 1 aliphatic heterocycles. The molecule has 112 valence electrons. The Kier molecular flexibility index (Phi) is 4.88. The van der Waals surface area contributed by atoms with E-state index in [1.54, 1.807) is 12.1 Å². The van der Waals surface area contributed by atoms with E-state index in [0.29, 0.717) is 8.95 Å². The van der Waals surface area contributed by atoms with Gasteiger partial charge in [-0.2, -0.15) is 0 Å². The highest BCUT2D eigenvalue weighted by Crippen LogP contribution is 2.27. The summed E-state index contributed by atoms with van der Waals surface area (Å²) < 4.78 is 50.9. The Balaban J connectivity index is 2.31. The third-order valence-corrected chi connectivity index (χ3v) is 8.13. The van der Waals surface area contributed by atoms with E-state index in [4.69, 9.17) is 11.6 Å². The van der Waals surface area contributed by atoms with Crippen molar-refractivity contribution in [2.24, 2.45) is 0 Å². The van der Waals surface area contributed by atoms with Crippen molar-refractivity contribution >= 4 is 63.3 Å². The first-order valence-electron chi connectivity index (χ1n) is 5.42. The summed E-state index contributed by atoms with van der Waals surface area (Å²) in [5.41, 5.74) is 0. The van der Waals surface area contributed by atoms with Crippen LogP contribution in [0.25, 0.3) is 0 Å². The number of alkyl halides is 1. The van der Waals surface area contributed by atoms with Crippen LogP contribution in [0.15, 0.2) is 32.0 Å². The molecule has 1 saturated heterocycles. The van der Waals surface area contributed by atoms with Gasteiger partial charge in [-0.1, -0.05) is 15.9 Å². The first kappa shape index (κ1) is 16.7. The predicted octanol–water partition coefficient (Wildman–Crippen LogP) is 1.89. The van der Waals surface area contributed by atoms with Crippen LogP contribution in [-0.2, 0) is 19.9 Å². The fourth-order valence-corrected chi connectivity index (χ4v) is 7.37. The van der Waals surface area contributed by atoms with Gasteiger partial charge in [-0.05, 0) is 34.1 Å². The molecule has 2 atom stereocenters. The highest BCUT2D eigenvalue weighted by atomic mass is 79.9. The predicted molar refractivity (Wildman–Crippen MR) is 84.2 cm³/mol. The van der Waals surface area contributed by atoms with Gasteiger partial charge in [0.2, 0.25) is 10.0 Å². The monoisotopic (exact) mass is 465 g/mol. The van der Waals surface area contributed by atoms with Crippen molar-refractivity contribution in [1.29, 1.82) is 0 Å². The Labute approximate surface area is 139 Å². The van der Waals surface area contributed by atoms with E-state index >= 15 is 0 Å². The van der Waals surface area contributed by atoms with E-state index in [9.17, 15) is 16.8 Å². The van der Waals surface area contributed by atoms with Crippen molar-refractivity contribution in [2.45, 2.75) is 16.3 Å². The molecule has 0 radical (unpaired) electrons. The minimum atomic E-state index is -3.86. The van der Waals surface area contributed by atoms with Gasteiger partial charge in [0.25, 0.3) is 0 Å². The van der Waals surface area contributed by atoms with Crippen molar-refractivity contribution < 1.29 is 16.8 Å². The van der Waals surface area contributed by atoms with Crippen molar-refractivity contribution in [1.82, 2.24) is 4.72 Å². The van der Waals surface area contributed by atoms with Crippen LogP contribution in [0, 0.1) is 0 Å². The van der Waals surface area contributed by atoms with Crippen LogP contribution in [0.1, 0.15) is 0 Å². The fraction of sp³-hybridized carbons (Fsp3) is 0.400. The third kappa shape index (κ3) is 3.75. The van der Waals surface area contributed by atoms with Crippen LogP contribution in [0.4, 0.5) is 0 Å². The SMILES string of the molecule is O=S1(=O)C[C@H](Cl)[C@H](NS(=O)(=O)c2cc(Br)ccc2Br)C1. The largest absolute Gasteiger partial charge is 0.242 e. The average molecular weight is 468 g/mol. The van der Waals surface area contributed by atoms with Crippen LogP contribution in [0.2, 0.25) is 0 Å². The van der Waals surface area contributed by atoms with Gasteiger partial charge in [-0.3, -0.25) is 0 Å². The first-order chi connectivity index (χ1) is 9.11. The molecule has 10 heteroatoms. The lowest BCUT2D eigenvalue weighted by Crippen LogP contribution is -2.40. The second kappa shape index (κ2) is 5.85. The zero-order valence-electron chi connectivity index (χ0n) is 9.88. The quantitative estimate of drug-likeness (QED) is 0.689. The van der Waals surface area contributed by atoms with Crippen molar-refractivity contribution in [3.8, 4) is 0 Å². The second-order valence-electron chi connectivity index (χ2n) is 4.40. The highest BCUT2D eigenvalue weighted by Gasteiger charge is 2.39. The first-order valence-corrected chi connectivity index (χ1v) is 10.8. The lowest BCUT2D eigenvalue weighted by atomic mass is 10.3. The van der Waals surface area contributed by atoms with Gasteiger partial charge >= 0.3 is 0 Å². The smallest absolute Gasteiger partial charge is 0.229 e. The number of hydrogen-bond donors (Lipinski definition) is 1. The van der Waals surface area contributed by atoms with Crippen molar-refractivity contribution in [3.05, 3.63) is 27.1 Å². The van der Waals surface area contributed by atoms with E-state index in [2.05, 4.69) is 36.6 Å². The molecule has 1 aromatic rings. The summed E-state index contributed by atoms with van der Waals surface area (Å²) in [5, 5.41) is -0.763. The van der Waals surface area contributed by atoms with Crippen LogP contribution in [-0.4, -0.2) is 39.8 Å². The van der Waals surface area contributed by atoms with Gasteiger partial charge in [0.1, 0.15) is 0 Å². The molecule has 5 nitrogen and oxygen atoms in total. The molecule has 0 aromatic heterocycles.